The van der Waals surface area contributed by atoms with E-state index in [-0.39, 0.29) is 17.6 Å². The van der Waals surface area contributed by atoms with Crippen LogP contribution < -0.4 is 9.64 Å². The number of pyridine rings is 1. The maximum Gasteiger partial charge on any atom is 0.409 e. The van der Waals surface area contributed by atoms with Crippen LogP contribution in [0.3, 0.4) is 0 Å². The molecule has 2 aliphatic rings. The summed E-state index contributed by atoms with van der Waals surface area (Å²) in [5, 5.41) is 9.42. The maximum absolute atomic E-state index is 11.9. The van der Waals surface area contributed by atoms with Crippen LogP contribution in [0.5, 0.6) is 5.75 Å². The maximum atomic E-state index is 11.9. The van der Waals surface area contributed by atoms with Crippen LogP contribution in [0.25, 0.3) is 22.2 Å². The molecule has 5 heterocycles. The summed E-state index contributed by atoms with van der Waals surface area (Å²) in [6, 6.07) is 5.72. The average Bonchev–Trinajstić information content (AvgIpc) is 3.29. The van der Waals surface area contributed by atoms with Crippen molar-refractivity contribution in [3.63, 3.8) is 0 Å². The molecule has 1 atom stereocenters. The monoisotopic (exact) mass is 567 g/mol. The third-order valence-electron chi connectivity index (χ3n) is 7.26. The number of amides is 1. The molecule has 0 bridgehead atoms. The van der Waals surface area contributed by atoms with Crippen LogP contribution in [0.4, 0.5) is 10.7 Å². The minimum atomic E-state index is -0.387. The van der Waals surface area contributed by atoms with Crippen LogP contribution in [-0.4, -0.2) is 68.9 Å². The molecule has 3 aromatic heterocycles. The van der Waals surface area contributed by atoms with Gasteiger partial charge in [-0.2, -0.15) is 5.10 Å². The molecular formula is C27H27Cl2N7O3. The molecule has 1 aromatic carbocycles. The number of carbonyl (C=O) groups is 1. The molecule has 0 aliphatic carbocycles. The van der Waals surface area contributed by atoms with Crippen molar-refractivity contribution in [1.29, 1.82) is 0 Å². The third kappa shape index (κ3) is 4.61. The predicted octanol–water partition coefficient (Wildman–Crippen LogP) is 5.45. The summed E-state index contributed by atoms with van der Waals surface area (Å²) in [6.07, 6.45) is 4.52. The molecule has 10 nitrogen and oxygen atoms in total. The third-order valence-corrected chi connectivity index (χ3v) is 8.04. The Hall–Kier alpha value is -3.63. The number of nitrogens with one attached hydrogen (secondary N) is 1. The number of anilines is 1. The van der Waals surface area contributed by atoms with Crippen molar-refractivity contribution >= 4 is 46.1 Å². The van der Waals surface area contributed by atoms with E-state index in [0.717, 1.165) is 35.2 Å². The fourth-order valence-corrected chi connectivity index (χ4v) is 5.97. The number of aromatic nitrogens is 5. The number of likely N-dealkylation sites (tertiary alicyclic amines) is 1. The van der Waals surface area contributed by atoms with Crippen molar-refractivity contribution in [2.24, 2.45) is 5.41 Å². The van der Waals surface area contributed by atoms with Gasteiger partial charge in [-0.1, -0.05) is 23.2 Å². The number of ether oxygens (including phenoxy) is 2. The highest BCUT2D eigenvalue weighted by Gasteiger charge is 2.54. The quantitative estimate of drug-likeness (QED) is 0.327. The van der Waals surface area contributed by atoms with Crippen LogP contribution in [0, 0.1) is 12.3 Å². The van der Waals surface area contributed by atoms with Gasteiger partial charge in [0.1, 0.15) is 17.5 Å². The van der Waals surface area contributed by atoms with Crippen LogP contribution in [0.1, 0.15) is 31.2 Å². The number of hydrogen-bond donors (Lipinski definition) is 1. The second-order valence-electron chi connectivity index (χ2n) is 10.1. The zero-order valence-corrected chi connectivity index (χ0v) is 23.3. The second-order valence-corrected chi connectivity index (χ2v) is 10.9. The Balaban J connectivity index is 1.15. The van der Waals surface area contributed by atoms with Gasteiger partial charge >= 0.3 is 6.09 Å². The van der Waals surface area contributed by atoms with Gasteiger partial charge in [0.15, 0.2) is 0 Å². The number of benzene rings is 1. The average molecular weight is 568 g/mol. The summed E-state index contributed by atoms with van der Waals surface area (Å²) in [6.45, 7) is 8.99. The molecule has 0 radical (unpaired) electrons. The Morgan fingerprint density at radius 2 is 1.87 bits per heavy atom. The molecule has 1 spiro atoms. The molecule has 202 valence electrons. The first-order valence-corrected chi connectivity index (χ1v) is 13.5. The molecule has 39 heavy (non-hydrogen) atoms. The van der Waals surface area contributed by atoms with E-state index in [1.807, 2.05) is 39.0 Å². The van der Waals surface area contributed by atoms with E-state index in [1.54, 1.807) is 23.5 Å². The van der Waals surface area contributed by atoms with Crippen molar-refractivity contribution in [2.45, 2.75) is 26.9 Å². The lowest BCUT2D eigenvalue weighted by molar-refractivity contribution is -0.0199. The Kier molecular flexibility index (Phi) is 6.47. The smallest absolute Gasteiger partial charge is 0.409 e. The van der Waals surface area contributed by atoms with Gasteiger partial charge in [0.25, 0.3) is 0 Å². The number of aryl methyl sites for hydroxylation is 1. The Bertz CT molecular complexity index is 1550. The van der Waals surface area contributed by atoms with Crippen LogP contribution in [0.15, 0.2) is 36.8 Å². The topological polar surface area (TPSA) is 109 Å². The van der Waals surface area contributed by atoms with Gasteiger partial charge in [-0.05, 0) is 39.0 Å². The number of carbonyl (C=O) groups excluding carboxylic acids is 1. The van der Waals surface area contributed by atoms with E-state index in [4.69, 9.17) is 32.7 Å². The molecule has 4 aromatic rings. The normalized spacial score (nSPS) is 16.6. The highest BCUT2D eigenvalue weighted by Crippen LogP contribution is 2.41. The van der Waals surface area contributed by atoms with Gasteiger partial charge in [0, 0.05) is 66.7 Å². The summed E-state index contributed by atoms with van der Waals surface area (Å²) >= 11 is 12.8. The van der Waals surface area contributed by atoms with Crippen molar-refractivity contribution in [2.75, 3.05) is 37.7 Å². The highest BCUT2D eigenvalue weighted by atomic mass is 35.5. The lowest BCUT2D eigenvalue weighted by Gasteiger charge is -2.59. The van der Waals surface area contributed by atoms with Gasteiger partial charge < -0.3 is 19.3 Å². The summed E-state index contributed by atoms with van der Waals surface area (Å²) in [5.41, 5.74) is 3.90. The number of rotatable bonds is 6. The molecule has 2 fully saturated rings. The van der Waals surface area contributed by atoms with Crippen LogP contribution in [-0.2, 0) is 4.74 Å². The predicted molar refractivity (Wildman–Crippen MR) is 148 cm³/mol. The molecule has 2 saturated heterocycles. The van der Waals surface area contributed by atoms with Crippen molar-refractivity contribution in [3.8, 4) is 17.0 Å². The second kappa shape index (κ2) is 9.84. The molecule has 1 unspecified atom stereocenters. The van der Waals surface area contributed by atoms with E-state index in [0.29, 0.717) is 52.7 Å². The van der Waals surface area contributed by atoms with Crippen LogP contribution >= 0.6 is 23.2 Å². The van der Waals surface area contributed by atoms with E-state index in [2.05, 4.69) is 30.0 Å². The number of hydrogen-bond acceptors (Lipinski definition) is 8. The molecule has 2 aliphatic heterocycles. The summed E-state index contributed by atoms with van der Waals surface area (Å²) < 4.78 is 11.3. The lowest BCUT2D eigenvalue weighted by Crippen LogP contribution is -2.73. The fourth-order valence-electron chi connectivity index (χ4n) is 5.32. The fraction of sp³-hybridized carbons (Fsp3) is 0.370. The van der Waals surface area contributed by atoms with E-state index >= 15 is 0 Å². The summed E-state index contributed by atoms with van der Waals surface area (Å²) in [7, 11) is 0. The first-order valence-electron chi connectivity index (χ1n) is 12.7. The summed E-state index contributed by atoms with van der Waals surface area (Å²) in [4.78, 5) is 29.1. The molecule has 1 amide bonds. The highest BCUT2D eigenvalue weighted by molar-refractivity contribution is 6.36. The van der Waals surface area contributed by atoms with E-state index in [9.17, 15) is 4.79 Å². The van der Waals surface area contributed by atoms with Gasteiger partial charge in [-0.15, -0.1) is 0 Å². The van der Waals surface area contributed by atoms with Crippen molar-refractivity contribution in [3.05, 3.63) is 58.1 Å². The first-order chi connectivity index (χ1) is 18.8. The molecule has 1 N–H and O–H groups in total. The number of fused-ring (bicyclic) bond motifs is 1. The SMILES string of the molecule is CCOC(=O)N1CC2(C1)CN(c1ncc(-c3n[nH]c4ccc(OC(C)c5c(Cl)cnc(C)c5Cl)cc34)cn1)C2. The standard InChI is InChI=1S/C27H27Cl2N7O3/c1-4-38-26(37)36-13-27(14-36)11-35(12-27)25-31-8-17(9-32-25)24-19-7-18(5-6-21(19)33-34-24)39-16(3)22-20(28)10-30-15(2)23(22)29/h5-10,16H,4,11-14H2,1-3H3,(H,33,34). The Labute approximate surface area is 235 Å². The zero-order chi connectivity index (χ0) is 27.3. The minimum Gasteiger partial charge on any atom is -0.486 e. The number of H-pyrrole nitrogens is 1. The Morgan fingerprint density at radius 1 is 1.13 bits per heavy atom. The lowest BCUT2D eigenvalue weighted by atomic mass is 9.73. The Morgan fingerprint density at radius 3 is 2.59 bits per heavy atom. The molecule has 12 heteroatoms. The van der Waals surface area contributed by atoms with Crippen molar-refractivity contribution < 1.29 is 14.3 Å². The van der Waals surface area contributed by atoms with Gasteiger partial charge in [0.2, 0.25) is 5.95 Å². The van der Waals surface area contributed by atoms with Gasteiger partial charge in [-0.3, -0.25) is 10.1 Å². The van der Waals surface area contributed by atoms with Gasteiger partial charge in [0.05, 0.1) is 27.9 Å². The van der Waals surface area contributed by atoms with Crippen molar-refractivity contribution in [1.82, 2.24) is 30.0 Å². The first kappa shape index (κ1) is 25.6. The zero-order valence-electron chi connectivity index (χ0n) is 21.7. The molecule has 6 rings (SSSR count). The minimum absolute atomic E-state index is 0.115. The largest absolute Gasteiger partial charge is 0.486 e. The van der Waals surface area contributed by atoms with E-state index < -0.39 is 0 Å². The number of aromatic amines is 1. The van der Waals surface area contributed by atoms with E-state index in [1.165, 1.54) is 0 Å². The van der Waals surface area contributed by atoms with Crippen LogP contribution in [0.2, 0.25) is 10.0 Å². The summed E-state index contributed by atoms with van der Waals surface area (Å²) in [5.74, 6) is 1.32. The number of halogens is 2. The van der Waals surface area contributed by atoms with Gasteiger partial charge in [-0.25, -0.2) is 14.8 Å². The molecule has 0 saturated carbocycles. The number of nitrogens with zero attached hydrogens (tertiary/aromatic N) is 6. The molecular weight excluding hydrogens is 541 g/mol.